The monoisotopic (exact) mass is 478 g/mol. The number of hydrazone groups is 1. The molecule has 0 saturated carbocycles. The second kappa shape index (κ2) is 7.84. The molecule has 0 radical (unpaired) electrons. The lowest BCUT2D eigenvalue weighted by atomic mass is 9.98. The minimum Gasteiger partial charge on any atom is -0.257 e. The standard InChI is InChI=1S/C21H14BrCl3N2/c22-14-6-4-13(5-7-14)20-12-21(18-9-8-16(24)11-19(18)25)27(26-20)17-3-1-2-15(23)10-17/h1-11,21H,12H2/t21-/m0/s1. The van der Waals surface area contributed by atoms with E-state index in [9.17, 15) is 0 Å². The number of benzene rings is 3. The zero-order chi connectivity index (χ0) is 19.0. The van der Waals surface area contributed by atoms with Crippen LogP contribution in [0.2, 0.25) is 15.1 Å². The average molecular weight is 481 g/mol. The highest BCUT2D eigenvalue weighted by atomic mass is 79.9. The summed E-state index contributed by atoms with van der Waals surface area (Å²) in [6.45, 7) is 0. The zero-order valence-corrected chi connectivity index (χ0v) is 17.9. The van der Waals surface area contributed by atoms with Crippen molar-refractivity contribution >= 4 is 62.1 Å². The van der Waals surface area contributed by atoms with E-state index < -0.39 is 0 Å². The number of halogens is 4. The predicted molar refractivity (Wildman–Crippen MR) is 118 cm³/mol. The van der Waals surface area contributed by atoms with Gasteiger partial charge < -0.3 is 0 Å². The van der Waals surface area contributed by atoms with Crippen LogP contribution in [0.4, 0.5) is 5.69 Å². The second-order valence-corrected chi connectivity index (χ2v) is 8.46. The molecule has 0 aliphatic carbocycles. The Labute approximate surface area is 181 Å². The zero-order valence-electron chi connectivity index (χ0n) is 14.0. The summed E-state index contributed by atoms with van der Waals surface area (Å²) in [4.78, 5) is 0. The molecule has 1 aliphatic rings. The number of nitrogens with zero attached hydrogens (tertiary/aromatic N) is 2. The lowest BCUT2D eigenvalue weighted by Gasteiger charge is -2.25. The first kappa shape index (κ1) is 18.8. The molecule has 0 fully saturated rings. The van der Waals surface area contributed by atoms with Crippen LogP contribution < -0.4 is 5.01 Å². The first-order valence-corrected chi connectivity index (χ1v) is 10.3. The molecule has 4 rings (SSSR count). The highest BCUT2D eigenvalue weighted by molar-refractivity contribution is 9.10. The summed E-state index contributed by atoms with van der Waals surface area (Å²) in [5, 5.41) is 8.80. The SMILES string of the molecule is Clc1cccc(N2N=C(c3ccc(Br)cc3)C[C@H]2c2ccc(Cl)cc2Cl)c1. The number of anilines is 1. The van der Waals surface area contributed by atoms with Gasteiger partial charge in [-0.15, -0.1) is 0 Å². The third-order valence-electron chi connectivity index (χ3n) is 4.48. The molecule has 6 heteroatoms. The predicted octanol–water partition coefficient (Wildman–Crippen LogP) is 7.77. The highest BCUT2D eigenvalue weighted by Gasteiger charge is 2.31. The third-order valence-corrected chi connectivity index (χ3v) is 5.81. The van der Waals surface area contributed by atoms with E-state index in [0.29, 0.717) is 15.1 Å². The molecular formula is C21H14BrCl3N2. The second-order valence-electron chi connectivity index (χ2n) is 6.26. The summed E-state index contributed by atoms with van der Waals surface area (Å²) >= 11 is 22.3. The largest absolute Gasteiger partial charge is 0.257 e. The van der Waals surface area contributed by atoms with Crippen molar-refractivity contribution in [1.82, 2.24) is 0 Å². The van der Waals surface area contributed by atoms with Crippen molar-refractivity contribution in [2.45, 2.75) is 12.5 Å². The molecule has 0 aromatic heterocycles. The summed E-state index contributed by atoms with van der Waals surface area (Å²) in [6.07, 6.45) is 0.732. The molecule has 0 N–H and O–H groups in total. The van der Waals surface area contributed by atoms with Crippen molar-refractivity contribution in [3.63, 3.8) is 0 Å². The Hall–Kier alpha value is -1.52. The third kappa shape index (κ3) is 4.02. The maximum atomic E-state index is 6.51. The summed E-state index contributed by atoms with van der Waals surface area (Å²) in [7, 11) is 0. The lowest BCUT2D eigenvalue weighted by Crippen LogP contribution is -2.18. The van der Waals surface area contributed by atoms with Gasteiger partial charge in [0, 0.05) is 26.0 Å². The van der Waals surface area contributed by atoms with Gasteiger partial charge in [-0.2, -0.15) is 5.10 Å². The molecule has 3 aromatic carbocycles. The summed E-state index contributed by atoms with van der Waals surface area (Å²) in [6, 6.07) is 21.4. The first-order valence-electron chi connectivity index (χ1n) is 8.34. The van der Waals surface area contributed by atoms with Gasteiger partial charge in [0.2, 0.25) is 0 Å². The van der Waals surface area contributed by atoms with Gasteiger partial charge in [0.05, 0.1) is 17.4 Å². The minimum absolute atomic E-state index is 0.0353. The van der Waals surface area contributed by atoms with E-state index in [0.717, 1.165) is 33.4 Å². The number of hydrogen-bond donors (Lipinski definition) is 0. The Bertz CT molecular complexity index is 1020. The van der Waals surface area contributed by atoms with E-state index in [2.05, 4.69) is 28.1 Å². The van der Waals surface area contributed by atoms with Crippen molar-refractivity contribution in [2.24, 2.45) is 5.10 Å². The molecule has 27 heavy (non-hydrogen) atoms. The van der Waals surface area contributed by atoms with Gasteiger partial charge in [-0.05, 0) is 53.6 Å². The maximum absolute atomic E-state index is 6.51. The Balaban J connectivity index is 1.79. The summed E-state index contributed by atoms with van der Waals surface area (Å²) < 4.78 is 1.04. The molecule has 0 unspecified atom stereocenters. The first-order chi connectivity index (χ1) is 13.0. The Morgan fingerprint density at radius 1 is 0.889 bits per heavy atom. The van der Waals surface area contributed by atoms with Crippen molar-refractivity contribution in [3.8, 4) is 0 Å². The van der Waals surface area contributed by atoms with Crippen LogP contribution >= 0.6 is 50.7 Å². The van der Waals surface area contributed by atoms with E-state index in [1.54, 1.807) is 6.07 Å². The lowest BCUT2D eigenvalue weighted by molar-refractivity contribution is 0.709. The molecule has 1 atom stereocenters. The number of rotatable bonds is 3. The smallest absolute Gasteiger partial charge is 0.0846 e. The van der Waals surface area contributed by atoms with Gasteiger partial charge in [-0.1, -0.05) is 75.0 Å². The fraction of sp³-hybridized carbons (Fsp3) is 0.0952. The maximum Gasteiger partial charge on any atom is 0.0846 e. The van der Waals surface area contributed by atoms with Crippen LogP contribution in [-0.2, 0) is 0 Å². The Kier molecular flexibility index (Phi) is 5.47. The minimum atomic E-state index is -0.0353. The quantitative estimate of drug-likeness (QED) is 0.374. The van der Waals surface area contributed by atoms with Crippen LogP contribution in [0.3, 0.4) is 0 Å². The van der Waals surface area contributed by atoms with Crippen molar-refractivity contribution < 1.29 is 0 Å². The Morgan fingerprint density at radius 3 is 2.33 bits per heavy atom. The molecule has 0 bridgehead atoms. The van der Waals surface area contributed by atoms with Crippen LogP contribution in [0.1, 0.15) is 23.6 Å². The van der Waals surface area contributed by atoms with E-state index in [4.69, 9.17) is 39.9 Å². The molecular weight excluding hydrogens is 467 g/mol. The van der Waals surface area contributed by atoms with Gasteiger partial charge in [0.1, 0.15) is 0 Å². The van der Waals surface area contributed by atoms with Crippen LogP contribution in [0.15, 0.2) is 76.3 Å². The molecule has 0 saturated heterocycles. The topological polar surface area (TPSA) is 15.6 Å². The summed E-state index contributed by atoms with van der Waals surface area (Å²) in [5.41, 5.74) is 3.99. The Morgan fingerprint density at radius 2 is 1.63 bits per heavy atom. The molecule has 0 spiro atoms. The van der Waals surface area contributed by atoms with Crippen LogP contribution in [0.5, 0.6) is 0 Å². The normalized spacial score (nSPS) is 16.5. The van der Waals surface area contributed by atoms with Crippen LogP contribution in [0.25, 0.3) is 0 Å². The summed E-state index contributed by atoms with van der Waals surface area (Å²) in [5.74, 6) is 0. The molecule has 0 amide bonds. The van der Waals surface area contributed by atoms with Gasteiger partial charge in [-0.3, -0.25) is 5.01 Å². The van der Waals surface area contributed by atoms with E-state index in [1.165, 1.54) is 0 Å². The molecule has 2 nitrogen and oxygen atoms in total. The fourth-order valence-corrected chi connectivity index (χ4v) is 4.18. The molecule has 1 heterocycles. The van der Waals surface area contributed by atoms with Gasteiger partial charge in [0.15, 0.2) is 0 Å². The van der Waals surface area contributed by atoms with Gasteiger partial charge >= 0.3 is 0 Å². The molecule has 3 aromatic rings. The van der Waals surface area contributed by atoms with Gasteiger partial charge in [-0.25, -0.2) is 0 Å². The van der Waals surface area contributed by atoms with Crippen molar-refractivity contribution in [2.75, 3.05) is 5.01 Å². The van der Waals surface area contributed by atoms with E-state index >= 15 is 0 Å². The highest BCUT2D eigenvalue weighted by Crippen LogP contribution is 2.40. The van der Waals surface area contributed by atoms with E-state index in [-0.39, 0.29) is 6.04 Å². The van der Waals surface area contributed by atoms with Crippen molar-refractivity contribution in [1.29, 1.82) is 0 Å². The van der Waals surface area contributed by atoms with Crippen LogP contribution in [-0.4, -0.2) is 5.71 Å². The van der Waals surface area contributed by atoms with Crippen molar-refractivity contribution in [3.05, 3.63) is 97.4 Å². The van der Waals surface area contributed by atoms with E-state index in [1.807, 2.05) is 53.5 Å². The average Bonchev–Trinajstić information content (AvgIpc) is 3.07. The fourth-order valence-electron chi connectivity index (χ4n) is 3.20. The molecule has 1 aliphatic heterocycles. The molecule has 136 valence electrons. The van der Waals surface area contributed by atoms with Crippen LogP contribution in [0, 0.1) is 0 Å². The number of hydrogen-bond acceptors (Lipinski definition) is 2. The van der Waals surface area contributed by atoms with Gasteiger partial charge in [0.25, 0.3) is 0 Å².